The zero-order valence-corrected chi connectivity index (χ0v) is 11.7. The van der Waals surface area contributed by atoms with Crippen molar-refractivity contribution < 1.29 is 4.79 Å². The van der Waals surface area contributed by atoms with Gasteiger partial charge in [-0.2, -0.15) is 0 Å². The molecule has 2 heterocycles. The van der Waals surface area contributed by atoms with Crippen LogP contribution in [-0.4, -0.2) is 36.0 Å². The van der Waals surface area contributed by atoms with Gasteiger partial charge in [-0.1, -0.05) is 30.2 Å². The number of carbonyl (C=O) groups excluding carboxylic acids is 1. The molecule has 2 fully saturated rings. The minimum atomic E-state index is -0.0389. The Morgan fingerprint density at radius 3 is 2.89 bits per heavy atom. The van der Waals surface area contributed by atoms with E-state index in [1.807, 2.05) is 12.1 Å². The molecule has 0 saturated carbocycles. The summed E-state index contributed by atoms with van der Waals surface area (Å²) in [6, 6.07) is 8.05. The topological polar surface area (TPSA) is 32.3 Å². The standard InChI is InChI=1S/C15H19ClN2O/c16-12-6-2-1-5-11(12)15(19)17-13-8-10-18-9-4-3-7-14(13)18/h1-2,5-6,13-14H,3-4,7-10H2,(H,17,19). The number of amides is 1. The maximum Gasteiger partial charge on any atom is 0.253 e. The Morgan fingerprint density at radius 2 is 2.05 bits per heavy atom. The molecular weight excluding hydrogens is 260 g/mol. The van der Waals surface area contributed by atoms with E-state index < -0.39 is 0 Å². The molecule has 3 rings (SSSR count). The molecule has 1 aromatic carbocycles. The van der Waals surface area contributed by atoms with Crippen LogP contribution in [0.25, 0.3) is 0 Å². The predicted molar refractivity (Wildman–Crippen MR) is 76.5 cm³/mol. The van der Waals surface area contributed by atoms with E-state index in [0.29, 0.717) is 16.6 Å². The summed E-state index contributed by atoms with van der Waals surface area (Å²) in [6.07, 6.45) is 4.83. The van der Waals surface area contributed by atoms with Gasteiger partial charge in [-0.15, -0.1) is 0 Å². The quantitative estimate of drug-likeness (QED) is 0.902. The van der Waals surface area contributed by atoms with Crippen molar-refractivity contribution in [3.05, 3.63) is 34.9 Å². The Balaban J connectivity index is 1.68. The lowest BCUT2D eigenvalue weighted by atomic mass is 9.99. The van der Waals surface area contributed by atoms with Gasteiger partial charge in [0, 0.05) is 18.6 Å². The van der Waals surface area contributed by atoms with Crippen LogP contribution >= 0.6 is 11.6 Å². The van der Waals surface area contributed by atoms with Crippen LogP contribution in [0.1, 0.15) is 36.0 Å². The molecule has 2 aliphatic heterocycles. The van der Waals surface area contributed by atoms with E-state index in [1.54, 1.807) is 12.1 Å². The highest BCUT2D eigenvalue weighted by Crippen LogP contribution is 2.27. The second-order valence-electron chi connectivity index (χ2n) is 5.45. The second kappa shape index (κ2) is 5.51. The Hall–Kier alpha value is -1.06. The summed E-state index contributed by atoms with van der Waals surface area (Å²) in [4.78, 5) is 14.8. The predicted octanol–water partition coefficient (Wildman–Crippen LogP) is 2.70. The molecular formula is C15H19ClN2O. The fourth-order valence-corrected chi connectivity index (χ4v) is 3.53. The highest BCUT2D eigenvalue weighted by Gasteiger charge is 2.36. The van der Waals surface area contributed by atoms with E-state index in [9.17, 15) is 4.79 Å². The lowest BCUT2D eigenvalue weighted by molar-refractivity contribution is 0.0915. The number of hydrogen-bond acceptors (Lipinski definition) is 2. The summed E-state index contributed by atoms with van der Waals surface area (Å²) in [6.45, 7) is 2.29. The van der Waals surface area contributed by atoms with Crippen molar-refractivity contribution in [1.82, 2.24) is 10.2 Å². The van der Waals surface area contributed by atoms with E-state index in [1.165, 1.54) is 25.8 Å². The van der Waals surface area contributed by atoms with Gasteiger partial charge in [0.1, 0.15) is 0 Å². The van der Waals surface area contributed by atoms with Gasteiger partial charge >= 0.3 is 0 Å². The number of fused-ring (bicyclic) bond motifs is 1. The van der Waals surface area contributed by atoms with Crippen molar-refractivity contribution in [3.8, 4) is 0 Å². The minimum Gasteiger partial charge on any atom is -0.348 e. The Bertz CT molecular complexity index is 477. The summed E-state index contributed by atoms with van der Waals surface area (Å²) in [5.74, 6) is -0.0389. The number of carbonyl (C=O) groups is 1. The molecule has 4 heteroatoms. The lowest BCUT2D eigenvalue weighted by Gasteiger charge is -2.32. The number of halogens is 1. The first-order chi connectivity index (χ1) is 9.25. The van der Waals surface area contributed by atoms with Gasteiger partial charge in [-0.25, -0.2) is 0 Å². The zero-order chi connectivity index (χ0) is 13.2. The summed E-state index contributed by atoms with van der Waals surface area (Å²) in [5.41, 5.74) is 0.582. The third kappa shape index (κ3) is 2.63. The Kier molecular flexibility index (Phi) is 3.76. The highest BCUT2D eigenvalue weighted by atomic mass is 35.5. The summed E-state index contributed by atoms with van der Waals surface area (Å²) >= 11 is 6.07. The van der Waals surface area contributed by atoms with E-state index >= 15 is 0 Å². The minimum absolute atomic E-state index is 0.0389. The monoisotopic (exact) mass is 278 g/mol. The lowest BCUT2D eigenvalue weighted by Crippen LogP contribution is -2.46. The van der Waals surface area contributed by atoms with Gasteiger partial charge in [0.15, 0.2) is 0 Å². The van der Waals surface area contributed by atoms with E-state index in [4.69, 9.17) is 11.6 Å². The molecule has 0 spiro atoms. The second-order valence-corrected chi connectivity index (χ2v) is 5.85. The average Bonchev–Trinajstić information content (AvgIpc) is 2.83. The van der Waals surface area contributed by atoms with Gasteiger partial charge in [0.2, 0.25) is 0 Å². The average molecular weight is 279 g/mol. The van der Waals surface area contributed by atoms with Gasteiger partial charge in [0.05, 0.1) is 10.6 Å². The highest BCUT2D eigenvalue weighted by molar-refractivity contribution is 6.33. The van der Waals surface area contributed by atoms with Gasteiger partial charge in [-0.05, 0) is 37.9 Å². The fourth-order valence-electron chi connectivity index (χ4n) is 3.31. The molecule has 3 nitrogen and oxygen atoms in total. The van der Waals surface area contributed by atoms with Crippen LogP contribution in [0.5, 0.6) is 0 Å². The summed E-state index contributed by atoms with van der Waals surface area (Å²) in [5, 5.41) is 3.70. The first-order valence-corrected chi connectivity index (χ1v) is 7.43. The largest absolute Gasteiger partial charge is 0.348 e. The molecule has 0 aromatic heterocycles. The third-order valence-electron chi connectivity index (χ3n) is 4.29. The first-order valence-electron chi connectivity index (χ1n) is 7.05. The number of nitrogens with zero attached hydrogens (tertiary/aromatic N) is 1. The molecule has 2 atom stereocenters. The maximum absolute atomic E-state index is 12.3. The maximum atomic E-state index is 12.3. The van der Waals surface area contributed by atoms with Crippen LogP contribution in [0.4, 0.5) is 0 Å². The number of nitrogens with one attached hydrogen (secondary N) is 1. The van der Waals surface area contributed by atoms with Crippen molar-refractivity contribution in [2.45, 2.75) is 37.8 Å². The number of hydrogen-bond donors (Lipinski definition) is 1. The van der Waals surface area contributed by atoms with Gasteiger partial charge < -0.3 is 5.32 Å². The van der Waals surface area contributed by atoms with Crippen LogP contribution in [0.2, 0.25) is 5.02 Å². The van der Waals surface area contributed by atoms with Crippen molar-refractivity contribution in [3.63, 3.8) is 0 Å². The van der Waals surface area contributed by atoms with Crippen LogP contribution in [0, 0.1) is 0 Å². The van der Waals surface area contributed by atoms with Crippen molar-refractivity contribution >= 4 is 17.5 Å². The molecule has 2 aliphatic rings. The zero-order valence-electron chi connectivity index (χ0n) is 10.9. The number of rotatable bonds is 2. The molecule has 0 aliphatic carbocycles. The number of benzene rings is 1. The molecule has 2 saturated heterocycles. The molecule has 19 heavy (non-hydrogen) atoms. The van der Waals surface area contributed by atoms with Crippen LogP contribution in [-0.2, 0) is 0 Å². The summed E-state index contributed by atoms with van der Waals surface area (Å²) in [7, 11) is 0. The normalized spacial score (nSPS) is 27.0. The van der Waals surface area contributed by atoms with Crippen LogP contribution in [0.15, 0.2) is 24.3 Å². The fraction of sp³-hybridized carbons (Fsp3) is 0.533. The molecule has 2 unspecified atom stereocenters. The number of piperidine rings is 1. The van der Waals surface area contributed by atoms with Gasteiger partial charge in [0.25, 0.3) is 5.91 Å². The molecule has 1 amide bonds. The van der Waals surface area contributed by atoms with E-state index in [0.717, 1.165) is 13.0 Å². The summed E-state index contributed by atoms with van der Waals surface area (Å²) < 4.78 is 0. The SMILES string of the molecule is O=C(NC1CCN2CCCCC12)c1ccccc1Cl. The Morgan fingerprint density at radius 1 is 1.21 bits per heavy atom. The molecule has 1 N–H and O–H groups in total. The molecule has 102 valence electrons. The van der Waals surface area contributed by atoms with Gasteiger partial charge in [-0.3, -0.25) is 9.69 Å². The molecule has 0 bridgehead atoms. The first kappa shape index (κ1) is 12.9. The van der Waals surface area contributed by atoms with E-state index in [-0.39, 0.29) is 11.9 Å². The van der Waals surface area contributed by atoms with Crippen molar-refractivity contribution in [2.75, 3.05) is 13.1 Å². The van der Waals surface area contributed by atoms with Crippen molar-refractivity contribution in [2.24, 2.45) is 0 Å². The molecule has 0 radical (unpaired) electrons. The third-order valence-corrected chi connectivity index (χ3v) is 4.62. The van der Waals surface area contributed by atoms with E-state index in [2.05, 4.69) is 10.2 Å². The van der Waals surface area contributed by atoms with Crippen molar-refractivity contribution in [1.29, 1.82) is 0 Å². The smallest absolute Gasteiger partial charge is 0.253 e. The van der Waals surface area contributed by atoms with Crippen LogP contribution < -0.4 is 5.32 Å². The van der Waals surface area contributed by atoms with Crippen LogP contribution in [0.3, 0.4) is 0 Å². The Labute approximate surface area is 118 Å². The molecule has 1 aromatic rings.